The Labute approximate surface area is 152 Å². The highest BCUT2D eigenvalue weighted by Crippen LogP contribution is 2.28. The number of nitrogens with zero attached hydrogens (tertiary/aromatic N) is 1. The van der Waals surface area contributed by atoms with E-state index >= 15 is 0 Å². The Morgan fingerprint density at radius 3 is 2.58 bits per heavy atom. The van der Waals surface area contributed by atoms with Crippen LogP contribution >= 0.6 is 0 Å². The number of benzene rings is 2. The van der Waals surface area contributed by atoms with Crippen LogP contribution in [-0.2, 0) is 0 Å². The number of para-hydroxylation sites is 1. The van der Waals surface area contributed by atoms with Gasteiger partial charge in [0.05, 0.1) is 0 Å². The van der Waals surface area contributed by atoms with Gasteiger partial charge in [0.1, 0.15) is 5.56 Å². The van der Waals surface area contributed by atoms with Gasteiger partial charge >= 0.3 is 0 Å². The molecular formula is C22H22N2O2. The SMILES string of the molecule is O=C(c1c[nH]c2ccccc2c1=O)N1CCCC(c2ccccc2)CC1. The van der Waals surface area contributed by atoms with Crippen molar-refractivity contribution in [3.8, 4) is 0 Å². The highest BCUT2D eigenvalue weighted by Gasteiger charge is 2.24. The Hall–Kier alpha value is -2.88. The molecule has 0 spiro atoms. The fourth-order valence-electron chi connectivity index (χ4n) is 3.85. The maximum absolute atomic E-state index is 13.0. The number of likely N-dealkylation sites (tertiary alicyclic amines) is 1. The van der Waals surface area contributed by atoms with E-state index in [0.717, 1.165) is 24.8 Å². The van der Waals surface area contributed by atoms with Gasteiger partial charge in [-0.25, -0.2) is 0 Å². The van der Waals surface area contributed by atoms with Gasteiger partial charge in [-0.2, -0.15) is 0 Å². The van der Waals surface area contributed by atoms with Crippen molar-refractivity contribution in [2.75, 3.05) is 13.1 Å². The van der Waals surface area contributed by atoms with Gasteiger partial charge in [-0.15, -0.1) is 0 Å². The molecule has 4 heteroatoms. The van der Waals surface area contributed by atoms with E-state index in [2.05, 4.69) is 29.2 Å². The zero-order valence-corrected chi connectivity index (χ0v) is 14.7. The zero-order valence-electron chi connectivity index (χ0n) is 14.7. The summed E-state index contributed by atoms with van der Waals surface area (Å²) in [6.45, 7) is 1.39. The van der Waals surface area contributed by atoms with Crippen molar-refractivity contribution in [2.24, 2.45) is 0 Å². The molecule has 1 N–H and O–H groups in total. The first-order chi connectivity index (χ1) is 12.7. The minimum Gasteiger partial charge on any atom is -0.360 e. The van der Waals surface area contributed by atoms with Crippen LogP contribution in [0.3, 0.4) is 0 Å². The Bertz CT molecular complexity index is 978. The molecule has 1 aliphatic rings. The Morgan fingerprint density at radius 1 is 0.962 bits per heavy atom. The van der Waals surface area contributed by atoms with Crippen molar-refractivity contribution < 1.29 is 4.79 Å². The standard InChI is InChI=1S/C22H22N2O2/c25-21-18-10-4-5-11-20(18)23-15-19(21)22(26)24-13-6-9-17(12-14-24)16-7-2-1-3-8-16/h1-5,7-8,10-11,15,17H,6,9,12-14H2,(H,23,25). The third kappa shape index (κ3) is 3.15. The van der Waals surface area contributed by atoms with E-state index in [1.165, 1.54) is 5.56 Å². The average molecular weight is 346 g/mol. The lowest BCUT2D eigenvalue weighted by Crippen LogP contribution is -2.35. The molecular weight excluding hydrogens is 324 g/mol. The first kappa shape index (κ1) is 16.6. The highest BCUT2D eigenvalue weighted by atomic mass is 16.2. The third-order valence-corrected chi connectivity index (χ3v) is 5.31. The maximum Gasteiger partial charge on any atom is 0.259 e. The normalized spacial score (nSPS) is 17.8. The fourth-order valence-corrected chi connectivity index (χ4v) is 3.85. The van der Waals surface area contributed by atoms with Crippen LogP contribution in [0.5, 0.6) is 0 Å². The van der Waals surface area contributed by atoms with Crippen molar-refractivity contribution in [3.63, 3.8) is 0 Å². The molecule has 132 valence electrons. The number of aromatic amines is 1. The fraction of sp³-hybridized carbons (Fsp3) is 0.273. The van der Waals surface area contributed by atoms with Crippen molar-refractivity contribution >= 4 is 16.8 Å². The van der Waals surface area contributed by atoms with Gasteiger partial charge in [-0.3, -0.25) is 9.59 Å². The molecule has 2 heterocycles. The number of nitrogens with one attached hydrogen (secondary N) is 1. The van der Waals surface area contributed by atoms with Crippen LogP contribution in [0.25, 0.3) is 10.9 Å². The largest absolute Gasteiger partial charge is 0.360 e. The lowest BCUT2D eigenvalue weighted by molar-refractivity contribution is 0.0759. The molecule has 1 unspecified atom stereocenters. The quantitative estimate of drug-likeness (QED) is 0.764. The summed E-state index contributed by atoms with van der Waals surface area (Å²) in [6, 6.07) is 17.8. The molecule has 0 bridgehead atoms. The number of pyridine rings is 1. The van der Waals surface area contributed by atoms with Crippen LogP contribution in [0.4, 0.5) is 0 Å². The van der Waals surface area contributed by atoms with E-state index in [1.54, 1.807) is 12.3 Å². The summed E-state index contributed by atoms with van der Waals surface area (Å²) >= 11 is 0. The topological polar surface area (TPSA) is 53.2 Å². The molecule has 1 aromatic heterocycles. The predicted octanol–water partition coefficient (Wildman–Crippen LogP) is 3.94. The number of rotatable bonds is 2. The van der Waals surface area contributed by atoms with Gasteiger partial charge in [0.2, 0.25) is 5.43 Å². The molecule has 0 radical (unpaired) electrons. The van der Waals surface area contributed by atoms with E-state index in [4.69, 9.17) is 0 Å². The summed E-state index contributed by atoms with van der Waals surface area (Å²) in [7, 11) is 0. The monoisotopic (exact) mass is 346 g/mol. The smallest absolute Gasteiger partial charge is 0.259 e. The molecule has 1 aliphatic heterocycles. The van der Waals surface area contributed by atoms with Gasteiger partial charge in [0.15, 0.2) is 0 Å². The lowest BCUT2D eigenvalue weighted by atomic mass is 9.92. The van der Waals surface area contributed by atoms with E-state index in [-0.39, 0.29) is 16.9 Å². The second-order valence-electron chi connectivity index (χ2n) is 6.91. The van der Waals surface area contributed by atoms with Gasteiger partial charge < -0.3 is 9.88 Å². The van der Waals surface area contributed by atoms with Crippen LogP contribution in [0.1, 0.15) is 41.1 Å². The Morgan fingerprint density at radius 2 is 1.73 bits per heavy atom. The van der Waals surface area contributed by atoms with Crippen molar-refractivity contribution in [1.82, 2.24) is 9.88 Å². The number of H-pyrrole nitrogens is 1. The molecule has 4 nitrogen and oxygen atoms in total. The molecule has 1 saturated heterocycles. The van der Waals surface area contributed by atoms with Crippen molar-refractivity contribution in [2.45, 2.75) is 25.2 Å². The van der Waals surface area contributed by atoms with Crippen LogP contribution in [0.15, 0.2) is 65.6 Å². The molecule has 0 saturated carbocycles. The minimum absolute atomic E-state index is 0.161. The van der Waals surface area contributed by atoms with E-state index < -0.39 is 0 Å². The van der Waals surface area contributed by atoms with Crippen LogP contribution in [0, 0.1) is 0 Å². The summed E-state index contributed by atoms with van der Waals surface area (Å²) in [5.74, 6) is 0.314. The number of aromatic nitrogens is 1. The predicted molar refractivity (Wildman–Crippen MR) is 104 cm³/mol. The van der Waals surface area contributed by atoms with Crippen molar-refractivity contribution in [3.05, 3.63) is 82.1 Å². The molecule has 1 amide bonds. The molecule has 1 fully saturated rings. The summed E-state index contributed by atoms with van der Waals surface area (Å²) in [6.07, 6.45) is 4.52. The third-order valence-electron chi connectivity index (χ3n) is 5.31. The zero-order chi connectivity index (χ0) is 17.9. The average Bonchev–Trinajstić information content (AvgIpc) is 2.95. The lowest BCUT2D eigenvalue weighted by Gasteiger charge is -2.20. The van der Waals surface area contributed by atoms with E-state index in [9.17, 15) is 9.59 Å². The van der Waals surface area contributed by atoms with Crippen LogP contribution in [0.2, 0.25) is 0 Å². The first-order valence-corrected chi connectivity index (χ1v) is 9.18. The minimum atomic E-state index is -0.187. The van der Waals surface area contributed by atoms with E-state index in [0.29, 0.717) is 24.4 Å². The molecule has 2 aromatic carbocycles. The van der Waals surface area contributed by atoms with Crippen LogP contribution in [-0.4, -0.2) is 28.9 Å². The Kier molecular flexibility index (Phi) is 4.57. The second kappa shape index (κ2) is 7.16. The first-order valence-electron chi connectivity index (χ1n) is 9.18. The van der Waals surface area contributed by atoms with Gasteiger partial charge in [0, 0.05) is 30.2 Å². The summed E-state index contributed by atoms with van der Waals surface area (Å²) < 4.78 is 0. The molecule has 4 rings (SSSR count). The van der Waals surface area contributed by atoms with Gasteiger partial charge in [-0.1, -0.05) is 42.5 Å². The van der Waals surface area contributed by atoms with E-state index in [1.807, 2.05) is 29.2 Å². The van der Waals surface area contributed by atoms with Gasteiger partial charge in [-0.05, 0) is 42.9 Å². The summed E-state index contributed by atoms with van der Waals surface area (Å²) in [5.41, 5.74) is 2.15. The maximum atomic E-state index is 13.0. The number of amides is 1. The molecule has 3 aromatic rings. The summed E-state index contributed by atoms with van der Waals surface area (Å²) in [4.78, 5) is 30.6. The highest BCUT2D eigenvalue weighted by molar-refractivity contribution is 5.97. The Balaban J connectivity index is 1.56. The molecule has 26 heavy (non-hydrogen) atoms. The number of carbonyl (C=O) groups is 1. The van der Waals surface area contributed by atoms with Gasteiger partial charge in [0.25, 0.3) is 5.91 Å². The summed E-state index contributed by atoms with van der Waals surface area (Å²) in [5, 5.41) is 0.565. The number of hydrogen-bond donors (Lipinski definition) is 1. The molecule has 0 aliphatic carbocycles. The van der Waals surface area contributed by atoms with Crippen LogP contribution < -0.4 is 5.43 Å². The van der Waals surface area contributed by atoms with Crippen molar-refractivity contribution in [1.29, 1.82) is 0 Å². The number of fused-ring (bicyclic) bond motifs is 1. The number of hydrogen-bond acceptors (Lipinski definition) is 2. The second-order valence-corrected chi connectivity index (χ2v) is 6.91. The molecule has 1 atom stereocenters. The number of carbonyl (C=O) groups excluding carboxylic acids is 1.